The molecular formula is C10H11FO6S. The molecule has 6 nitrogen and oxygen atoms in total. The quantitative estimate of drug-likeness (QED) is 0.589. The largest absolute Gasteiger partial charge is 0.467 e. The Morgan fingerprint density at radius 1 is 1.33 bits per heavy atom. The third-order valence-electron chi connectivity index (χ3n) is 2.24. The highest BCUT2D eigenvalue weighted by molar-refractivity contribution is 7.86. The number of methoxy groups -OCH3 is 1. The lowest BCUT2D eigenvalue weighted by Gasteiger charge is -2.17. The Labute approximate surface area is 103 Å². The van der Waals surface area contributed by atoms with Gasteiger partial charge in [-0.25, -0.2) is 4.79 Å². The van der Waals surface area contributed by atoms with Gasteiger partial charge in [-0.1, -0.05) is 18.2 Å². The van der Waals surface area contributed by atoms with E-state index in [1.807, 2.05) is 0 Å². The number of rotatable bonds is 4. The van der Waals surface area contributed by atoms with Crippen LogP contribution in [-0.4, -0.2) is 37.8 Å². The zero-order chi connectivity index (χ0) is 13.9. The average Bonchev–Trinajstić information content (AvgIpc) is 2.35. The first-order chi connectivity index (χ1) is 8.29. The minimum absolute atomic E-state index is 0.419. The van der Waals surface area contributed by atoms with E-state index in [0.717, 1.165) is 19.2 Å². The fourth-order valence-corrected chi connectivity index (χ4v) is 2.08. The maximum absolute atomic E-state index is 13.0. The molecule has 0 amide bonds. The van der Waals surface area contributed by atoms with Gasteiger partial charge in [-0.3, -0.25) is 0 Å². The first kappa shape index (κ1) is 14.6. The van der Waals surface area contributed by atoms with E-state index >= 15 is 0 Å². The Morgan fingerprint density at radius 2 is 1.89 bits per heavy atom. The Balaban J connectivity index is 3.22. The molecule has 0 aliphatic heterocycles. The van der Waals surface area contributed by atoms with E-state index in [2.05, 4.69) is 4.74 Å². The first-order valence-electron chi connectivity index (χ1n) is 4.76. The predicted octanol–water partition coefficient (Wildman–Crippen LogP) is -0.0879. The number of esters is 1. The van der Waals surface area contributed by atoms with Crippen molar-refractivity contribution in [3.05, 3.63) is 29.8 Å². The molecule has 0 aliphatic rings. The van der Waals surface area contributed by atoms with Crippen molar-refractivity contribution < 1.29 is 32.0 Å². The molecule has 0 spiro atoms. The van der Waals surface area contributed by atoms with Crippen molar-refractivity contribution in [2.75, 3.05) is 7.11 Å². The zero-order valence-corrected chi connectivity index (χ0v) is 10.1. The Morgan fingerprint density at radius 3 is 2.39 bits per heavy atom. The summed E-state index contributed by atoms with van der Waals surface area (Å²) in [5, 5.41) is 19.0. The molecule has 1 aromatic rings. The standard InChI is InChI=1S/C10H11FO6S/c1-17-10(14)9(13)8(12)6-4-2-3-5-7(6)18(11,15)16/h2-5,8-9,12-13H,1H3. The number of aliphatic hydroxyl groups is 2. The summed E-state index contributed by atoms with van der Waals surface area (Å²) in [7, 11) is -4.09. The highest BCUT2D eigenvalue weighted by Gasteiger charge is 2.31. The van der Waals surface area contributed by atoms with E-state index in [-0.39, 0.29) is 0 Å². The maximum atomic E-state index is 13.0. The smallest absolute Gasteiger partial charge is 0.337 e. The summed E-state index contributed by atoms with van der Waals surface area (Å²) >= 11 is 0. The van der Waals surface area contributed by atoms with Crippen molar-refractivity contribution in [1.29, 1.82) is 0 Å². The van der Waals surface area contributed by atoms with Crippen molar-refractivity contribution in [2.45, 2.75) is 17.1 Å². The molecule has 0 fully saturated rings. The Kier molecular flexibility index (Phi) is 4.38. The second kappa shape index (κ2) is 5.42. The summed E-state index contributed by atoms with van der Waals surface area (Å²) in [6.45, 7) is 0. The SMILES string of the molecule is COC(=O)C(O)C(O)c1ccccc1S(=O)(=O)F. The van der Waals surface area contributed by atoms with Gasteiger partial charge in [0.1, 0.15) is 11.0 Å². The van der Waals surface area contributed by atoms with Crippen LogP contribution in [0.4, 0.5) is 3.89 Å². The molecule has 2 atom stereocenters. The van der Waals surface area contributed by atoms with E-state index in [4.69, 9.17) is 0 Å². The van der Waals surface area contributed by atoms with Gasteiger partial charge in [0.2, 0.25) is 0 Å². The van der Waals surface area contributed by atoms with Gasteiger partial charge in [0.05, 0.1) is 7.11 Å². The fraction of sp³-hybridized carbons (Fsp3) is 0.300. The van der Waals surface area contributed by atoms with Gasteiger partial charge in [-0.15, -0.1) is 3.89 Å². The van der Waals surface area contributed by atoms with E-state index < -0.39 is 38.9 Å². The van der Waals surface area contributed by atoms with Gasteiger partial charge in [0.25, 0.3) is 0 Å². The number of hydrogen-bond donors (Lipinski definition) is 2. The van der Waals surface area contributed by atoms with E-state index in [9.17, 15) is 27.3 Å². The number of benzene rings is 1. The van der Waals surface area contributed by atoms with Crippen molar-refractivity contribution in [2.24, 2.45) is 0 Å². The van der Waals surface area contributed by atoms with Crippen LogP contribution in [0.25, 0.3) is 0 Å². The Bertz CT molecular complexity index is 541. The molecule has 2 N–H and O–H groups in total. The summed E-state index contributed by atoms with van der Waals surface area (Å²) in [5.74, 6) is -1.16. The molecule has 0 bridgehead atoms. The highest BCUT2D eigenvalue weighted by Crippen LogP contribution is 2.26. The van der Waals surface area contributed by atoms with Crippen molar-refractivity contribution >= 4 is 16.2 Å². The number of carbonyl (C=O) groups excluding carboxylic acids is 1. The molecule has 0 heterocycles. The third-order valence-corrected chi connectivity index (χ3v) is 3.14. The topological polar surface area (TPSA) is 101 Å². The first-order valence-corrected chi connectivity index (χ1v) is 6.15. The molecule has 100 valence electrons. The lowest BCUT2D eigenvalue weighted by molar-refractivity contribution is -0.156. The van der Waals surface area contributed by atoms with Gasteiger partial charge >= 0.3 is 16.2 Å². The van der Waals surface area contributed by atoms with E-state index in [0.29, 0.717) is 0 Å². The molecule has 1 aromatic carbocycles. The van der Waals surface area contributed by atoms with Gasteiger partial charge in [-0.05, 0) is 6.07 Å². The average molecular weight is 278 g/mol. The maximum Gasteiger partial charge on any atom is 0.337 e. The van der Waals surface area contributed by atoms with Crippen LogP contribution >= 0.6 is 0 Å². The van der Waals surface area contributed by atoms with E-state index in [1.165, 1.54) is 12.1 Å². The summed E-state index contributed by atoms with van der Waals surface area (Å²) in [5.41, 5.74) is -0.419. The van der Waals surface area contributed by atoms with Crippen LogP contribution in [0.2, 0.25) is 0 Å². The molecule has 0 radical (unpaired) electrons. The minimum atomic E-state index is -5.07. The van der Waals surface area contributed by atoms with Crippen LogP contribution in [0.1, 0.15) is 11.7 Å². The van der Waals surface area contributed by atoms with Crippen LogP contribution in [0.5, 0.6) is 0 Å². The monoisotopic (exact) mass is 278 g/mol. The number of hydrogen-bond acceptors (Lipinski definition) is 6. The summed E-state index contributed by atoms with van der Waals surface area (Å²) in [6.07, 6.45) is -3.91. The summed E-state index contributed by atoms with van der Waals surface area (Å²) < 4.78 is 38.8. The fourth-order valence-electron chi connectivity index (χ4n) is 1.37. The molecule has 0 aromatic heterocycles. The number of ether oxygens (including phenoxy) is 1. The molecule has 0 saturated carbocycles. The van der Waals surface area contributed by atoms with Gasteiger partial charge < -0.3 is 14.9 Å². The summed E-state index contributed by atoms with van der Waals surface area (Å²) in [4.78, 5) is 10.2. The van der Waals surface area contributed by atoms with Crippen LogP contribution in [0, 0.1) is 0 Å². The van der Waals surface area contributed by atoms with Crippen LogP contribution < -0.4 is 0 Å². The molecule has 2 unspecified atom stereocenters. The lowest BCUT2D eigenvalue weighted by atomic mass is 10.0. The highest BCUT2D eigenvalue weighted by atomic mass is 32.3. The second-order valence-electron chi connectivity index (χ2n) is 3.39. The normalized spacial score (nSPS) is 14.9. The number of halogens is 1. The number of carbonyl (C=O) groups is 1. The predicted molar refractivity (Wildman–Crippen MR) is 57.7 cm³/mol. The van der Waals surface area contributed by atoms with Crippen molar-refractivity contribution in [3.8, 4) is 0 Å². The van der Waals surface area contributed by atoms with Crippen molar-refractivity contribution in [1.82, 2.24) is 0 Å². The summed E-state index contributed by atoms with van der Waals surface area (Å²) in [6, 6.07) is 4.58. The number of aliphatic hydroxyl groups excluding tert-OH is 2. The minimum Gasteiger partial charge on any atom is -0.467 e. The van der Waals surface area contributed by atoms with Crippen molar-refractivity contribution in [3.63, 3.8) is 0 Å². The Hall–Kier alpha value is -1.51. The zero-order valence-electron chi connectivity index (χ0n) is 9.28. The van der Waals surface area contributed by atoms with Crippen LogP contribution in [0.15, 0.2) is 29.2 Å². The molecular weight excluding hydrogens is 267 g/mol. The molecule has 0 saturated heterocycles. The molecule has 1 rings (SSSR count). The van der Waals surface area contributed by atoms with E-state index in [1.54, 1.807) is 0 Å². The van der Waals surface area contributed by atoms with Crippen LogP contribution in [-0.2, 0) is 19.8 Å². The second-order valence-corrected chi connectivity index (χ2v) is 4.70. The molecule has 8 heteroatoms. The lowest BCUT2D eigenvalue weighted by Crippen LogP contribution is -2.29. The van der Waals surface area contributed by atoms with Gasteiger partial charge in [0, 0.05) is 5.56 Å². The molecule has 0 aliphatic carbocycles. The van der Waals surface area contributed by atoms with Gasteiger partial charge in [0.15, 0.2) is 6.10 Å². The molecule has 18 heavy (non-hydrogen) atoms. The third kappa shape index (κ3) is 3.03. The van der Waals surface area contributed by atoms with Gasteiger partial charge in [-0.2, -0.15) is 8.42 Å². The van der Waals surface area contributed by atoms with Crippen LogP contribution in [0.3, 0.4) is 0 Å².